The molecule has 3 aromatic rings. The summed E-state index contributed by atoms with van der Waals surface area (Å²) in [6.45, 7) is 2.47. The average Bonchev–Trinajstić information content (AvgIpc) is 2.78. The lowest BCUT2D eigenvalue weighted by molar-refractivity contribution is -0.130. The van der Waals surface area contributed by atoms with Crippen LogP contribution in [0.3, 0.4) is 0 Å². The van der Waals surface area contributed by atoms with Gasteiger partial charge < -0.3 is 4.90 Å². The summed E-state index contributed by atoms with van der Waals surface area (Å²) in [5.74, 6) is 0.238. The smallest absolute Gasteiger partial charge is 0.222 e. The van der Waals surface area contributed by atoms with Gasteiger partial charge >= 0.3 is 0 Å². The van der Waals surface area contributed by atoms with Crippen LogP contribution in [-0.4, -0.2) is 28.6 Å². The number of Topliss-reactive ketones (excluding diaryl/α,β-unsaturated/α-hetero) is 1. The van der Waals surface area contributed by atoms with Crippen LogP contribution in [-0.2, 0) is 17.8 Å². The van der Waals surface area contributed by atoms with E-state index in [0.717, 1.165) is 22.3 Å². The molecule has 0 radical (unpaired) electrons. The van der Waals surface area contributed by atoms with E-state index in [-0.39, 0.29) is 11.7 Å². The molecule has 0 aliphatic carbocycles. The molecule has 0 unspecified atom stereocenters. The normalized spacial score (nSPS) is 10.6. The fraction of sp³-hybridized carbons (Fsp3) is 0.240. The number of pyridine rings is 1. The zero-order chi connectivity index (χ0) is 21.5. The van der Waals surface area contributed by atoms with E-state index < -0.39 is 0 Å². The van der Waals surface area contributed by atoms with E-state index in [1.165, 1.54) is 0 Å². The van der Waals surface area contributed by atoms with Gasteiger partial charge in [0.05, 0.1) is 0 Å². The van der Waals surface area contributed by atoms with Gasteiger partial charge in [0.1, 0.15) is 5.15 Å². The molecule has 0 spiro atoms. The molecule has 0 saturated heterocycles. The largest absolute Gasteiger partial charge is 0.341 e. The molecule has 154 valence electrons. The molecular weight excluding hydrogens is 396 g/mol. The third kappa shape index (κ3) is 5.77. The number of amides is 1. The molecule has 4 nitrogen and oxygen atoms in total. The van der Waals surface area contributed by atoms with Gasteiger partial charge in [-0.15, -0.1) is 0 Å². The van der Waals surface area contributed by atoms with Crippen LogP contribution < -0.4 is 0 Å². The zero-order valence-electron chi connectivity index (χ0n) is 17.3. The molecule has 30 heavy (non-hydrogen) atoms. The Morgan fingerprint density at radius 2 is 1.50 bits per heavy atom. The van der Waals surface area contributed by atoms with Crippen LogP contribution in [0.15, 0.2) is 66.9 Å². The highest BCUT2D eigenvalue weighted by Gasteiger charge is 2.09. The number of hydrogen-bond acceptors (Lipinski definition) is 3. The van der Waals surface area contributed by atoms with E-state index in [9.17, 15) is 9.59 Å². The monoisotopic (exact) mass is 420 g/mol. The molecule has 1 amide bonds. The van der Waals surface area contributed by atoms with Gasteiger partial charge in [0, 0.05) is 38.2 Å². The van der Waals surface area contributed by atoms with Gasteiger partial charge in [-0.2, -0.15) is 0 Å². The van der Waals surface area contributed by atoms with Crippen molar-refractivity contribution in [3.8, 4) is 11.1 Å². The molecule has 0 fully saturated rings. The van der Waals surface area contributed by atoms with Gasteiger partial charge in [-0.25, -0.2) is 4.98 Å². The molecule has 0 N–H and O–H groups in total. The van der Waals surface area contributed by atoms with Gasteiger partial charge in [-0.1, -0.05) is 73.1 Å². The number of ketones is 1. The number of aromatic nitrogens is 1. The number of halogens is 1. The number of nitrogens with zero attached hydrogens (tertiary/aromatic N) is 2. The minimum Gasteiger partial charge on any atom is -0.341 e. The second kappa shape index (κ2) is 10.2. The van der Waals surface area contributed by atoms with Crippen molar-refractivity contribution in [2.24, 2.45) is 0 Å². The Morgan fingerprint density at radius 3 is 2.07 bits per heavy atom. The molecule has 5 heteroatoms. The maximum Gasteiger partial charge on any atom is 0.222 e. The first-order valence-electron chi connectivity index (χ1n) is 10.0. The second-order valence-corrected chi connectivity index (χ2v) is 7.68. The molecule has 1 aromatic heterocycles. The Balaban J connectivity index is 1.60. The van der Waals surface area contributed by atoms with Gasteiger partial charge in [0.2, 0.25) is 5.91 Å². The SMILES string of the molecule is CCC(=O)N(C)Cc1ccc(-c2ccc(C(=O)CCc3ccc(Cl)nc3)cc2)cc1. The topological polar surface area (TPSA) is 50.3 Å². The van der Waals surface area contributed by atoms with Crippen molar-refractivity contribution < 1.29 is 9.59 Å². The highest BCUT2D eigenvalue weighted by molar-refractivity contribution is 6.29. The van der Waals surface area contributed by atoms with Crippen molar-refractivity contribution in [3.63, 3.8) is 0 Å². The van der Waals surface area contributed by atoms with Crippen LogP contribution in [0.2, 0.25) is 5.15 Å². The van der Waals surface area contributed by atoms with Crippen molar-refractivity contribution in [2.45, 2.75) is 32.7 Å². The van der Waals surface area contributed by atoms with Crippen molar-refractivity contribution in [1.82, 2.24) is 9.88 Å². The Morgan fingerprint density at radius 1 is 0.900 bits per heavy atom. The summed E-state index contributed by atoms with van der Waals surface area (Å²) in [5, 5.41) is 0.454. The molecule has 0 saturated carbocycles. The first kappa shape index (κ1) is 21.7. The minimum atomic E-state index is 0.107. The maximum atomic E-state index is 12.5. The summed E-state index contributed by atoms with van der Waals surface area (Å²) in [6, 6.07) is 19.5. The molecular formula is C25H25ClN2O2. The molecule has 2 aromatic carbocycles. The maximum absolute atomic E-state index is 12.5. The van der Waals surface area contributed by atoms with Crippen LogP contribution in [0.25, 0.3) is 11.1 Å². The van der Waals surface area contributed by atoms with E-state index in [2.05, 4.69) is 4.98 Å². The summed E-state index contributed by atoms with van der Waals surface area (Å²) in [4.78, 5) is 30.0. The summed E-state index contributed by atoms with van der Waals surface area (Å²) in [5.41, 5.74) is 4.92. The lowest BCUT2D eigenvalue weighted by Gasteiger charge is -2.16. The zero-order valence-corrected chi connectivity index (χ0v) is 18.0. The average molecular weight is 421 g/mol. The van der Waals surface area contributed by atoms with E-state index in [4.69, 9.17) is 11.6 Å². The van der Waals surface area contributed by atoms with E-state index in [1.54, 1.807) is 17.2 Å². The third-order valence-electron chi connectivity index (χ3n) is 5.07. The summed E-state index contributed by atoms with van der Waals surface area (Å²) < 4.78 is 0. The lowest BCUT2D eigenvalue weighted by atomic mass is 9.99. The van der Waals surface area contributed by atoms with Crippen molar-refractivity contribution in [2.75, 3.05) is 7.05 Å². The van der Waals surface area contributed by atoms with E-state index in [0.29, 0.717) is 36.5 Å². The van der Waals surface area contributed by atoms with E-state index in [1.807, 2.05) is 68.6 Å². The molecule has 0 atom stereocenters. The Hall–Kier alpha value is -2.98. The van der Waals surface area contributed by atoms with Crippen LogP contribution in [0.1, 0.15) is 41.3 Å². The molecule has 1 heterocycles. The number of carbonyl (C=O) groups is 2. The predicted molar refractivity (Wildman–Crippen MR) is 121 cm³/mol. The van der Waals surface area contributed by atoms with Gasteiger partial charge in [-0.3, -0.25) is 9.59 Å². The third-order valence-corrected chi connectivity index (χ3v) is 5.30. The first-order valence-corrected chi connectivity index (χ1v) is 10.4. The van der Waals surface area contributed by atoms with Crippen LogP contribution >= 0.6 is 11.6 Å². The van der Waals surface area contributed by atoms with Crippen LogP contribution in [0.4, 0.5) is 0 Å². The Bertz CT molecular complexity index is 997. The van der Waals surface area contributed by atoms with Crippen LogP contribution in [0, 0.1) is 0 Å². The van der Waals surface area contributed by atoms with Crippen LogP contribution in [0.5, 0.6) is 0 Å². The molecule has 0 bridgehead atoms. The lowest BCUT2D eigenvalue weighted by Crippen LogP contribution is -2.25. The number of benzene rings is 2. The fourth-order valence-corrected chi connectivity index (χ4v) is 3.35. The minimum absolute atomic E-state index is 0.107. The second-order valence-electron chi connectivity index (χ2n) is 7.29. The van der Waals surface area contributed by atoms with Crippen molar-refractivity contribution in [3.05, 3.63) is 88.7 Å². The van der Waals surface area contributed by atoms with E-state index >= 15 is 0 Å². The van der Waals surface area contributed by atoms with Gasteiger partial charge in [0.25, 0.3) is 0 Å². The van der Waals surface area contributed by atoms with Gasteiger partial charge in [-0.05, 0) is 34.7 Å². The Kier molecular flexibility index (Phi) is 7.36. The predicted octanol–water partition coefficient (Wildman–Crippen LogP) is 5.59. The number of carbonyl (C=O) groups excluding carboxylic acids is 2. The number of hydrogen-bond donors (Lipinski definition) is 0. The summed E-state index contributed by atoms with van der Waals surface area (Å²) >= 11 is 5.79. The quantitative estimate of drug-likeness (QED) is 0.352. The first-order chi connectivity index (χ1) is 14.5. The number of rotatable bonds is 8. The number of aryl methyl sites for hydroxylation is 1. The highest BCUT2D eigenvalue weighted by atomic mass is 35.5. The molecule has 3 rings (SSSR count). The Labute approximate surface area is 182 Å². The standard InChI is InChI=1S/C25H25ClN2O2/c1-3-25(30)28(2)17-19-4-8-20(9-5-19)21-10-12-22(13-11-21)23(29)14-6-18-7-15-24(26)27-16-18/h4-5,7-13,15-16H,3,6,14,17H2,1-2H3. The van der Waals surface area contributed by atoms with Gasteiger partial charge in [0.15, 0.2) is 5.78 Å². The summed E-state index contributed by atoms with van der Waals surface area (Å²) in [7, 11) is 1.82. The van der Waals surface area contributed by atoms with Crippen molar-refractivity contribution >= 4 is 23.3 Å². The molecule has 0 aliphatic heterocycles. The fourth-order valence-electron chi connectivity index (χ4n) is 3.24. The highest BCUT2D eigenvalue weighted by Crippen LogP contribution is 2.22. The van der Waals surface area contributed by atoms with Crippen molar-refractivity contribution in [1.29, 1.82) is 0 Å². The summed E-state index contributed by atoms with van der Waals surface area (Å²) in [6.07, 6.45) is 3.29. The molecule has 0 aliphatic rings.